The summed E-state index contributed by atoms with van der Waals surface area (Å²) in [6.07, 6.45) is 5.85. The first-order chi connectivity index (χ1) is 10.5. The largest absolute Gasteiger partial charge is 0.305 e. The lowest BCUT2D eigenvalue weighted by atomic mass is 10.0. The van der Waals surface area contributed by atoms with Gasteiger partial charge in [-0.05, 0) is 86.2 Å². The van der Waals surface area contributed by atoms with Gasteiger partial charge in [0.1, 0.15) is 0 Å². The molecule has 1 aromatic carbocycles. The summed E-state index contributed by atoms with van der Waals surface area (Å²) in [5.41, 5.74) is 7.81. The van der Waals surface area contributed by atoms with Crippen LogP contribution in [0.25, 0.3) is 0 Å². The summed E-state index contributed by atoms with van der Waals surface area (Å²) in [6.45, 7) is 1.85. The standard InChI is InChI=1S/C19H21IN2/c1-21(2)13-17-11-16(10-9-15-7-5-6-8-15)12-18(19(17)20)14-22(3)4/h5-7,11-12H,13-14H2,1-4H3. The minimum absolute atomic E-state index is 0.927. The van der Waals surface area contributed by atoms with Gasteiger partial charge in [0.2, 0.25) is 0 Å². The van der Waals surface area contributed by atoms with Gasteiger partial charge < -0.3 is 9.80 Å². The van der Waals surface area contributed by atoms with Crippen LogP contribution in [0.5, 0.6) is 0 Å². The molecule has 0 spiro atoms. The lowest BCUT2D eigenvalue weighted by molar-refractivity contribution is 0.393. The van der Waals surface area contributed by atoms with Crippen LogP contribution < -0.4 is 0 Å². The molecule has 0 heterocycles. The second kappa shape index (κ2) is 7.80. The Morgan fingerprint density at radius 3 is 2.05 bits per heavy atom. The fourth-order valence-electron chi connectivity index (χ4n) is 2.28. The van der Waals surface area contributed by atoms with E-state index in [1.165, 1.54) is 14.7 Å². The van der Waals surface area contributed by atoms with Gasteiger partial charge in [0.25, 0.3) is 0 Å². The molecule has 0 fully saturated rings. The van der Waals surface area contributed by atoms with Crippen molar-refractivity contribution in [1.29, 1.82) is 0 Å². The summed E-state index contributed by atoms with van der Waals surface area (Å²) in [7, 11) is 8.38. The van der Waals surface area contributed by atoms with E-state index in [2.05, 4.69) is 90.3 Å². The SMILES string of the molecule is CN(C)Cc1cc(C#CC2=C=CC=C2)cc(CN(C)C)c1I. The summed E-state index contributed by atoms with van der Waals surface area (Å²) >= 11 is 2.46. The Morgan fingerprint density at radius 1 is 1.00 bits per heavy atom. The maximum absolute atomic E-state index is 3.28. The van der Waals surface area contributed by atoms with Gasteiger partial charge in [-0.25, -0.2) is 0 Å². The van der Waals surface area contributed by atoms with Gasteiger partial charge in [-0.3, -0.25) is 0 Å². The Morgan fingerprint density at radius 2 is 1.59 bits per heavy atom. The van der Waals surface area contributed by atoms with E-state index in [1.54, 1.807) is 0 Å². The zero-order valence-corrected chi connectivity index (χ0v) is 15.7. The number of benzene rings is 1. The molecular formula is C19H21IN2. The molecule has 1 aliphatic carbocycles. The normalized spacial score (nSPS) is 12.8. The lowest BCUT2D eigenvalue weighted by Crippen LogP contribution is -2.16. The van der Waals surface area contributed by atoms with Gasteiger partial charge in [-0.2, -0.15) is 0 Å². The quantitative estimate of drug-likeness (QED) is 0.431. The summed E-state index contributed by atoms with van der Waals surface area (Å²) in [5, 5.41) is 0. The highest BCUT2D eigenvalue weighted by Crippen LogP contribution is 2.22. The van der Waals surface area contributed by atoms with E-state index in [1.807, 2.05) is 18.2 Å². The Bertz CT molecular complexity index is 678. The van der Waals surface area contributed by atoms with Crippen LogP contribution >= 0.6 is 22.6 Å². The minimum atomic E-state index is 0.927. The van der Waals surface area contributed by atoms with Gasteiger partial charge in [-0.1, -0.05) is 17.9 Å². The first kappa shape index (κ1) is 17.1. The monoisotopic (exact) mass is 404 g/mol. The Kier molecular flexibility index (Phi) is 6.05. The molecule has 0 N–H and O–H groups in total. The van der Waals surface area contributed by atoms with Crippen LogP contribution in [0.1, 0.15) is 16.7 Å². The van der Waals surface area contributed by atoms with Crippen molar-refractivity contribution >= 4 is 22.6 Å². The number of hydrogen-bond donors (Lipinski definition) is 0. The molecule has 0 aliphatic heterocycles. The average Bonchev–Trinajstić information content (AvgIpc) is 2.93. The van der Waals surface area contributed by atoms with Gasteiger partial charge in [0.15, 0.2) is 0 Å². The lowest BCUT2D eigenvalue weighted by Gasteiger charge is -2.17. The third kappa shape index (κ3) is 4.86. The number of rotatable bonds is 4. The molecular weight excluding hydrogens is 383 g/mol. The molecule has 0 saturated heterocycles. The predicted molar refractivity (Wildman–Crippen MR) is 102 cm³/mol. The maximum atomic E-state index is 3.28. The zero-order valence-electron chi connectivity index (χ0n) is 13.6. The maximum Gasteiger partial charge on any atom is 0.0667 e. The van der Waals surface area contributed by atoms with Crippen molar-refractivity contribution in [3.05, 3.63) is 61.9 Å². The first-order valence-corrected chi connectivity index (χ1v) is 8.29. The fourth-order valence-corrected chi connectivity index (χ4v) is 2.93. The Hall–Kier alpha value is -1.31. The number of hydrogen-bond acceptors (Lipinski definition) is 2. The first-order valence-electron chi connectivity index (χ1n) is 7.22. The van der Waals surface area contributed by atoms with Crippen LogP contribution in [0.3, 0.4) is 0 Å². The molecule has 2 rings (SSSR count). The third-order valence-corrected chi connectivity index (χ3v) is 4.52. The van der Waals surface area contributed by atoms with Gasteiger partial charge in [0, 0.05) is 22.2 Å². The van der Waals surface area contributed by atoms with E-state index in [9.17, 15) is 0 Å². The van der Waals surface area contributed by atoms with E-state index in [0.29, 0.717) is 0 Å². The summed E-state index contributed by atoms with van der Waals surface area (Å²) in [5.74, 6) is 6.47. The van der Waals surface area contributed by atoms with Crippen molar-refractivity contribution in [2.45, 2.75) is 13.1 Å². The van der Waals surface area contributed by atoms with Crippen molar-refractivity contribution < 1.29 is 0 Å². The number of halogens is 1. The van der Waals surface area contributed by atoms with Crippen LogP contribution in [0.2, 0.25) is 0 Å². The predicted octanol–water partition coefficient (Wildman–Crippen LogP) is 3.42. The van der Waals surface area contributed by atoms with Gasteiger partial charge >= 0.3 is 0 Å². The topological polar surface area (TPSA) is 6.48 Å². The molecule has 0 saturated carbocycles. The van der Waals surface area contributed by atoms with Gasteiger partial charge in [-0.15, -0.1) is 5.73 Å². The van der Waals surface area contributed by atoms with Crippen LogP contribution in [0.15, 0.2) is 41.7 Å². The molecule has 0 unspecified atom stereocenters. The molecule has 2 nitrogen and oxygen atoms in total. The molecule has 0 radical (unpaired) electrons. The smallest absolute Gasteiger partial charge is 0.0667 e. The second-order valence-electron chi connectivity index (χ2n) is 5.92. The molecule has 0 aromatic heterocycles. The second-order valence-corrected chi connectivity index (χ2v) is 7.00. The third-order valence-electron chi connectivity index (χ3n) is 3.14. The van der Waals surface area contributed by atoms with E-state index in [0.717, 1.165) is 24.2 Å². The molecule has 3 heteroatoms. The summed E-state index contributed by atoms with van der Waals surface area (Å²) in [4.78, 5) is 4.39. The molecule has 1 aliphatic rings. The Labute approximate surface area is 147 Å². The van der Waals surface area contributed by atoms with Gasteiger partial charge in [0.05, 0.1) is 5.57 Å². The number of allylic oxidation sites excluding steroid dienone is 3. The average molecular weight is 404 g/mol. The highest BCUT2D eigenvalue weighted by Gasteiger charge is 2.10. The summed E-state index contributed by atoms with van der Waals surface area (Å²) in [6, 6.07) is 4.41. The van der Waals surface area contributed by atoms with Crippen molar-refractivity contribution in [2.24, 2.45) is 0 Å². The van der Waals surface area contributed by atoms with E-state index in [-0.39, 0.29) is 0 Å². The molecule has 22 heavy (non-hydrogen) atoms. The van der Waals surface area contributed by atoms with Crippen LogP contribution in [0.4, 0.5) is 0 Å². The number of nitrogens with zero attached hydrogens (tertiary/aromatic N) is 2. The van der Waals surface area contributed by atoms with Crippen LogP contribution in [-0.2, 0) is 13.1 Å². The summed E-state index contributed by atoms with van der Waals surface area (Å²) < 4.78 is 1.34. The van der Waals surface area contributed by atoms with Crippen molar-refractivity contribution in [2.75, 3.05) is 28.2 Å². The molecule has 114 valence electrons. The highest BCUT2D eigenvalue weighted by molar-refractivity contribution is 14.1. The van der Waals surface area contributed by atoms with E-state index >= 15 is 0 Å². The molecule has 0 atom stereocenters. The van der Waals surface area contributed by atoms with Crippen molar-refractivity contribution in [1.82, 2.24) is 9.80 Å². The fraction of sp³-hybridized carbons (Fsp3) is 0.316. The minimum Gasteiger partial charge on any atom is -0.305 e. The molecule has 0 bridgehead atoms. The van der Waals surface area contributed by atoms with Crippen molar-refractivity contribution in [3.8, 4) is 11.8 Å². The molecule has 0 amide bonds. The molecule has 1 aromatic rings. The van der Waals surface area contributed by atoms with E-state index in [4.69, 9.17) is 0 Å². The Balaban J connectivity index is 2.40. The highest BCUT2D eigenvalue weighted by atomic mass is 127. The van der Waals surface area contributed by atoms with E-state index < -0.39 is 0 Å². The zero-order chi connectivity index (χ0) is 16.1. The van der Waals surface area contributed by atoms with Crippen LogP contribution in [0, 0.1) is 15.4 Å². The van der Waals surface area contributed by atoms with Crippen molar-refractivity contribution in [3.63, 3.8) is 0 Å². The van der Waals surface area contributed by atoms with Crippen LogP contribution in [-0.4, -0.2) is 38.0 Å².